The maximum absolute atomic E-state index is 11.8. The van der Waals surface area contributed by atoms with Crippen LogP contribution in [-0.4, -0.2) is 35.1 Å². The highest BCUT2D eigenvalue weighted by Gasteiger charge is 2.30. The van der Waals surface area contributed by atoms with Gasteiger partial charge in [-0.05, 0) is 12.8 Å². The maximum Gasteiger partial charge on any atom is 0.396 e. The fourth-order valence-electron chi connectivity index (χ4n) is 2.53. The van der Waals surface area contributed by atoms with Gasteiger partial charge in [-0.2, -0.15) is 0 Å². The molecule has 0 amide bonds. The van der Waals surface area contributed by atoms with Crippen molar-refractivity contribution in [3.63, 3.8) is 0 Å². The molecule has 0 atom stereocenters. The predicted molar refractivity (Wildman–Crippen MR) is 99.1 cm³/mol. The molecule has 0 aliphatic rings. The third-order valence-electron chi connectivity index (χ3n) is 4.14. The van der Waals surface area contributed by atoms with Gasteiger partial charge in [-0.25, -0.2) is 0 Å². The number of hydrogen-bond acceptors (Lipinski definition) is 6. The quantitative estimate of drug-likeness (QED) is 0.265. The second-order valence-electron chi connectivity index (χ2n) is 6.23. The van der Waals surface area contributed by atoms with Gasteiger partial charge in [0, 0.05) is 27.1 Å². The molecule has 26 heavy (non-hydrogen) atoms. The normalized spacial score (nSPS) is 12.3. The van der Waals surface area contributed by atoms with Crippen LogP contribution in [0.2, 0.25) is 0 Å². The molecule has 0 heterocycles. The molecular weight excluding hydrogens is 382 g/mol. The molecule has 0 fully saturated rings. The first kappa shape index (κ1) is 25.6. The minimum atomic E-state index is -4.55. The van der Waals surface area contributed by atoms with Crippen molar-refractivity contribution in [2.24, 2.45) is 0 Å². The molecule has 0 aliphatic heterocycles. The zero-order chi connectivity index (χ0) is 20.1. The molecule has 0 saturated carbocycles. The lowest BCUT2D eigenvalue weighted by molar-refractivity contribution is -0.114. The van der Waals surface area contributed by atoms with Gasteiger partial charge in [0.25, 0.3) is 0 Å². The molecule has 0 bridgehead atoms. The van der Waals surface area contributed by atoms with Crippen molar-refractivity contribution in [2.45, 2.75) is 77.0 Å². The van der Waals surface area contributed by atoms with E-state index in [9.17, 15) is 18.7 Å². The highest BCUT2D eigenvalue weighted by molar-refractivity contribution is 7.71. The Balaban J connectivity index is 3.47. The number of unbranched alkanes of at least 4 members (excludes halogenated alkanes) is 9. The SMILES string of the molecule is COP(=O)(OC)C(=O)CCCCCCCCCCCCC(=O)P(=O)(O)O. The summed E-state index contributed by atoms with van der Waals surface area (Å²) in [6, 6.07) is 0. The molecule has 8 nitrogen and oxygen atoms in total. The van der Waals surface area contributed by atoms with Crippen molar-refractivity contribution in [2.75, 3.05) is 14.2 Å². The molecule has 0 aromatic rings. The molecule has 0 radical (unpaired) electrons. The van der Waals surface area contributed by atoms with E-state index >= 15 is 0 Å². The minimum Gasteiger partial charge on any atom is -0.319 e. The Morgan fingerprint density at radius 1 is 0.654 bits per heavy atom. The van der Waals surface area contributed by atoms with Gasteiger partial charge in [-0.15, -0.1) is 0 Å². The van der Waals surface area contributed by atoms with E-state index in [-0.39, 0.29) is 12.8 Å². The van der Waals surface area contributed by atoms with Crippen LogP contribution >= 0.6 is 15.2 Å². The average molecular weight is 414 g/mol. The van der Waals surface area contributed by atoms with Gasteiger partial charge < -0.3 is 18.8 Å². The van der Waals surface area contributed by atoms with Crippen LogP contribution < -0.4 is 0 Å². The topological polar surface area (TPSA) is 127 Å². The first-order valence-corrected chi connectivity index (χ1v) is 12.2. The van der Waals surface area contributed by atoms with Crippen LogP contribution in [0.15, 0.2) is 0 Å². The first-order chi connectivity index (χ1) is 12.2. The zero-order valence-corrected chi connectivity index (χ0v) is 17.5. The molecule has 0 spiro atoms. The molecule has 0 aliphatic carbocycles. The van der Waals surface area contributed by atoms with Crippen LogP contribution in [0, 0.1) is 0 Å². The van der Waals surface area contributed by atoms with E-state index in [0.29, 0.717) is 12.8 Å². The monoisotopic (exact) mass is 414 g/mol. The van der Waals surface area contributed by atoms with E-state index in [1.807, 2.05) is 0 Å². The van der Waals surface area contributed by atoms with Crippen LogP contribution in [0.4, 0.5) is 0 Å². The fourth-order valence-corrected chi connectivity index (χ4v) is 3.97. The highest BCUT2D eigenvalue weighted by atomic mass is 31.2. The lowest BCUT2D eigenvalue weighted by Gasteiger charge is -2.11. The summed E-state index contributed by atoms with van der Waals surface area (Å²) in [5.41, 5.74) is -1.44. The summed E-state index contributed by atoms with van der Waals surface area (Å²) in [5.74, 6) is 0. The summed E-state index contributed by atoms with van der Waals surface area (Å²) >= 11 is 0. The van der Waals surface area contributed by atoms with Crippen LogP contribution in [0.25, 0.3) is 0 Å². The number of hydrogen-bond donors (Lipinski definition) is 2. The Morgan fingerprint density at radius 2 is 0.962 bits per heavy atom. The Bertz CT molecular complexity index is 506. The molecular formula is C16H32O8P2. The van der Waals surface area contributed by atoms with Gasteiger partial charge in [0.15, 0.2) is 0 Å². The molecule has 0 unspecified atom stereocenters. The summed E-state index contributed by atoms with van der Waals surface area (Å²) in [6.45, 7) is 0. The summed E-state index contributed by atoms with van der Waals surface area (Å²) in [5, 5.41) is 0. The summed E-state index contributed by atoms with van der Waals surface area (Å²) in [6.07, 6.45) is 9.25. The largest absolute Gasteiger partial charge is 0.396 e. The van der Waals surface area contributed by atoms with Gasteiger partial charge in [0.2, 0.25) is 11.0 Å². The van der Waals surface area contributed by atoms with E-state index in [4.69, 9.17) is 9.79 Å². The molecule has 0 aromatic carbocycles. The third kappa shape index (κ3) is 11.4. The molecule has 10 heteroatoms. The number of rotatable bonds is 17. The Morgan fingerprint density at radius 3 is 1.27 bits per heavy atom. The van der Waals surface area contributed by atoms with Crippen LogP contribution in [0.1, 0.15) is 77.0 Å². The number of carbonyl (C=O) groups is 2. The van der Waals surface area contributed by atoms with Gasteiger partial charge >= 0.3 is 15.2 Å². The van der Waals surface area contributed by atoms with Crippen LogP contribution in [0.5, 0.6) is 0 Å². The molecule has 0 saturated heterocycles. The fraction of sp³-hybridized carbons (Fsp3) is 0.875. The Hall–Kier alpha value is -0.360. The lowest BCUT2D eigenvalue weighted by atomic mass is 10.1. The molecule has 0 aromatic heterocycles. The van der Waals surface area contributed by atoms with Crippen LogP contribution in [0.3, 0.4) is 0 Å². The van der Waals surface area contributed by atoms with Crippen molar-refractivity contribution < 1.29 is 37.6 Å². The zero-order valence-electron chi connectivity index (χ0n) is 15.7. The minimum absolute atomic E-state index is 0.0535. The van der Waals surface area contributed by atoms with Crippen molar-refractivity contribution >= 4 is 26.2 Å². The standard InChI is InChI=1S/C16H32O8P2/c1-23-26(22,24-2)16(18)14-12-10-8-6-4-3-5-7-9-11-13-15(17)25(19,20)21/h3-14H2,1-2H3,(H2,19,20,21). The van der Waals surface area contributed by atoms with Gasteiger partial charge in [0.1, 0.15) is 0 Å². The predicted octanol–water partition coefficient (Wildman–Crippen LogP) is 4.38. The second kappa shape index (κ2) is 13.8. The van der Waals surface area contributed by atoms with E-state index in [0.717, 1.165) is 51.4 Å². The maximum atomic E-state index is 11.8. The van der Waals surface area contributed by atoms with Crippen molar-refractivity contribution in [1.29, 1.82) is 0 Å². The van der Waals surface area contributed by atoms with Crippen molar-refractivity contribution in [3.8, 4) is 0 Å². The summed E-state index contributed by atoms with van der Waals surface area (Å²) < 4.78 is 31.8. The van der Waals surface area contributed by atoms with E-state index in [1.54, 1.807) is 0 Å². The molecule has 0 rings (SSSR count). The van der Waals surface area contributed by atoms with E-state index in [2.05, 4.69) is 9.05 Å². The van der Waals surface area contributed by atoms with E-state index in [1.165, 1.54) is 14.2 Å². The van der Waals surface area contributed by atoms with E-state index < -0.39 is 26.2 Å². The van der Waals surface area contributed by atoms with Gasteiger partial charge in [-0.1, -0.05) is 51.4 Å². The van der Waals surface area contributed by atoms with Crippen LogP contribution in [-0.2, 0) is 27.8 Å². The summed E-state index contributed by atoms with van der Waals surface area (Å²) in [7, 11) is -5.70. The summed E-state index contributed by atoms with van der Waals surface area (Å²) in [4.78, 5) is 40.1. The first-order valence-electron chi connectivity index (χ1n) is 9.01. The smallest absolute Gasteiger partial charge is 0.319 e. The third-order valence-corrected chi connectivity index (χ3v) is 6.81. The van der Waals surface area contributed by atoms with Gasteiger partial charge in [-0.3, -0.25) is 18.7 Å². The second-order valence-corrected chi connectivity index (χ2v) is 10.0. The van der Waals surface area contributed by atoms with Crippen molar-refractivity contribution in [3.05, 3.63) is 0 Å². The number of carbonyl (C=O) groups excluding carboxylic acids is 2. The molecule has 154 valence electrons. The average Bonchev–Trinajstić information content (AvgIpc) is 2.60. The Labute approximate surface area is 155 Å². The lowest BCUT2D eigenvalue weighted by Crippen LogP contribution is -2.03. The van der Waals surface area contributed by atoms with Gasteiger partial charge in [0.05, 0.1) is 0 Å². The molecule has 2 N–H and O–H groups in total. The Kier molecular flexibility index (Phi) is 13.6. The van der Waals surface area contributed by atoms with Crippen molar-refractivity contribution in [1.82, 2.24) is 0 Å². The highest BCUT2D eigenvalue weighted by Crippen LogP contribution is 2.48.